The fraction of sp³-hybridized carbons (Fsp3) is 0.111. The number of non-ortho nitro benzene ring substituents is 1. The number of nitrogens with zero attached hydrogens (tertiary/aromatic N) is 2. The van der Waals surface area contributed by atoms with Crippen LogP contribution < -0.4 is 14.4 Å². The molecular weight excluding hydrogens is 388 g/mol. The van der Waals surface area contributed by atoms with Crippen LogP contribution in [0.3, 0.4) is 0 Å². The number of hydrogen-bond donors (Lipinski definition) is 0. The SMILES string of the molecule is COc1ccc(/C=C2/SC(=S)N(c3ccc([N+](=O)[O-])cc3)C2=O)c(OC)c1. The summed E-state index contributed by atoms with van der Waals surface area (Å²) in [7, 11) is 3.10. The molecule has 1 heterocycles. The number of amides is 1. The predicted molar refractivity (Wildman–Crippen MR) is 108 cm³/mol. The zero-order chi connectivity index (χ0) is 19.6. The van der Waals surface area contributed by atoms with E-state index < -0.39 is 4.92 Å². The van der Waals surface area contributed by atoms with Crippen molar-refractivity contribution < 1.29 is 19.2 Å². The summed E-state index contributed by atoms with van der Waals surface area (Å²) in [5.41, 5.74) is 1.14. The Balaban J connectivity index is 1.92. The maximum absolute atomic E-state index is 12.8. The lowest BCUT2D eigenvalue weighted by Gasteiger charge is -2.14. The van der Waals surface area contributed by atoms with Crippen LogP contribution in [0.5, 0.6) is 11.5 Å². The molecule has 27 heavy (non-hydrogen) atoms. The molecule has 9 heteroatoms. The van der Waals surface area contributed by atoms with Crippen LogP contribution in [0.2, 0.25) is 0 Å². The van der Waals surface area contributed by atoms with E-state index in [1.807, 2.05) is 0 Å². The van der Waals surface area contributed by atoms with Gasteiger partial charge in [0.25, 0.3) is 11.6 Å². The largest absolute Gasteiger partial charge is 0.497 e. The summed E-state index contributed by atoms with van der Waals surface area (Å²) in [4.78, 5) is 24.9. The minimum absolute atomic E-state index is 0.0531. The van der Waals surface area contributed by atoms with Gasteiger partial charge in [-0.05, 0) is 30.3 Å². The Morgan fingerprint density at radius 1 is 1.15 bits per heavy atom. The highest BCUT2D eigenvalue weighted by Gasteiger charge is 2.33. The molecule has 1 saturated heterocycles. The highest BCUT2D eigenvalue weighted by Crippen LogP contribution is 2.38. The Morgan fingerprint density at radius 3 is 2.44 bits per heavy atom. The number of anilines is 1. The number of nitro benzene ring substituents is 1. The summed E-state index contributed by atoms with van der Waals surface area (Å²) in [6.07, 6.45) is 1.70. The van der Waals surface area contributed by atoms with E-state index in [1.165, 1.54) is 36.3 Å². The Kier molecular flexibility index (Phi) is 5.43. The zero-order valence-electron chi connectivity index (χ0n) is 14.4. The molecule has 0 spiro atoms. The average molecular weight is 402 g/mol. The fourth-order valence-electron chi connectivity index (χ4n) is 2.49. The van der Waals surface area contributed by atoms with Gasteiger partial charge in [-0.1, -0.05) is 24.0 Å². The lowest BCUT2D eigenvalue weighted by Crippen LogP contribution is -2.27. The maximum Gasteiger partial charge on any atom is 0.270 e. The normalized spacial score (nSPS) is 15.3. The summed E-state index contributed by atoms with van der Waals surface area (Å²) < 4.78 is 10.9. The first-order chi connectivity index (χ1) is 12.9. The highest BCUT2D eigenvalue weighted by atomic mass is 32.2. The predicted octanol–water partition coefficient (Wildman–Crippen LogP) is 4.02. The molecule has 1 aliphatic heterocycles. The molecule has 0 atom stereocenters. The van der Waals surface area contributed by atoms with Crippen molar-refractivity contribution in [3.05, 3.63) is 63.0 Å². The van der Waals surface area contributed by atoms with Gasteiger partial charge in [-0.2, -0.15) is 0 Å². The first kappa shape index (κ1) is 18.9. The lowest BCUT2D eigenvalue weighted by atomic mass is 10.1. The number of nitro groups is 1. The van der Waals surface area contributed by atoms with Gasteiger partial charge in [-0.25, -0.2) is 0 Å². The molecule has 0 radical (unpaired) electrons. The van der Waals surface area contributed by atoms with Crippen LogP contribution in [0.15, 0.2) is 47.4 Å². The Labute approximate surface area is 164 Å². The number of methoxy groups -OCH3 is 2. The van der Waals surface area contributed by atoms with Gasteiger partial charge >= 0.3 is 0 Å². The van der Waals surface area contributed by atoms with Crippen molar-refractivity contribution >= 4 is 51.7 Å². The van der Waals surface area contributed by atoms with Gasteiger partial charge in [-0.3, -0.25) is 19.8 Å². The van der Waals surface area contributed by atoms with E-state index in [-0.39, 0.29) is 11.6 Å². The molecule has 1 amide bonds. The summed E-state index contributed by atoms with van der Waals surface area (Å²) in [5.74, 6) is 0.911. The van der Waals surface area contributed by atoms with E-state index in [2.05, 4.69) is 0 Å². The molecule has 0 unspecified atom stereocenters. The second kappa shape index (κ2) is 7.77. The third-order valence-electron chi connectivity index (χ3n) is 3.84. The van der Waals surface area contributed by atoms with E-state index in [4.69, 9.17) is 21.7 Å². The molecule has 2 aromatic carbocycles. The summed E-state index contributed by atoms with van der Waals surface area (Å²) in [5, 5.41) is 10.8. The number of carbonyl (C=O) groups is 1. The molecule has 7 nitrogen and oxygen atoms in total. The number of benzene rings is 2. The Bertz CT molecular complexity index is 957. The van der Waals surface area contributed by atoms with Crippen molar-refractivity contribution in [2.24, 2.45) is 0 Å². The summed E-state index contributed by atoms with van der Waals surface area (Å²) in [6, 6.07) is 11.0. The van der Waals surface area contributed by atoms with Crippen LogP contribution >= 0.6 is 24.0 Å². The zero-order valence-corrected chi connectivity index (χ0v) is 16.0. The number of thioether (sulfide) groups is 1. The monoisotopic (exact) mass is 402 g/mol. The number of carbonyl (C=O) groups excluding carboxylic acids is 1. The molecule has 0 bridgehead atoms. The average Bonchev–Trinajstić information content (AvgIpc) is 2.95. The van der Waals surface area contributed by atoms with E-state index in [0.29, 0.717) is 32.0 Å². The molecule has 0 saturated carbocycles. The van der Waals surface area contributed by atoms with Gasteiger partial charge in [0.15, 0.2) is 4.32 Å². The van der Waals surface area contributed by atoms with Gasteiger partial charge < -0.3 is 9.47 Å². The third-order valence-corrected chi connectivity index (χ3v) is 5.14. The Morgan fingerprint density at radius 2 is 1.85 bits per heavy atom. The third kappa shape index (κ3) is 3.79. The molecule has 0 aromatic heterocycles. The van der Waals surface area contributed by atoms with E-state index in [1.54, 1.807) is 31.4 Å². The van der Waals surface area contributed by atoms with Crippen molar-refractivity contribution in [1.29, 1.82) is 0 Å². The van der Waals surface area contributed by atoms with Gasteiger partial charge in [0.05, 0.1) is 29.7 Å². The molecule has 2 aromatic rings. The van der Waals surface area contributed by atoms with Gasteiger partial charge in [0.2, 0.25) is 0 Å². The number of hydrogen-bond acceptors (Lipinski definition) is 7. The fourth-order valence-corrected chi connectivity index (χ4v) is 3.78. The van der Waals surface area contributed by atoms with Gasteiger partial charge in [0.1, 0.15) is 11.5 Å². The highest BCUT2D eigenvalue weighted by molar-refractivity contribution is 8.27. The van der Waals surface area contributed by atoms with Crippen LogP contribution in [-0.4, -0.2) is 29.4 Å². The first-order valence-electron chi connectivity index (χ1n) is 7.69. The van der Waals surface area contributed by atoms with Crippen molar-refractivity contribution in [2.45, 2.75) is 0 Å². The number of rotatable bonds is 5. The topological polar surface area (TPSA) is 81.9 Å². The summed E-state index contributed by atoms with van der Waals surface area (Å²) >= 11 is 6.48. The minimum Gasteiger partial charge on any atom is -0.497 e. The first-order valence-corrected chi connectivity index (χ1v) is 8.91. The maximum atomic E-state index is 12.8. The second-order valence-electron chi connectivity index (χ2n) is 5.40. The molecule has 1 fully saturated rings. The quantitative estimate of drug-likeness (QED) is 0.323. The lowest BCUT2D eigenvalue weighted by molar-refractivity contribution is -0.384. The van der Waals surface area contributed by atoms with Crippen LogP contribution in [-0.2, 0) is 4.79 Å². The number of ether oxygens (including phenoxy) is 2. The van der Waals surface area contributed by atoms with E-state index >= 15 is 0 Å². The van der Waals surface area contributed by atoms with E-state index in [9.17, 15) is 14.9 Å². The van der Waals surface area contributed by atoms with Crippen LogP contribution in [0, 0.1) is 10.1 Å². The van der Waals surface area contributed by atoms with Crippen molar-refractivity contribution in [1.82, 2.24) is 0 Å². The van der Waals surface area contributed by atoms with Crippen LogP contribution in [0.4, 0.5) is 11.4 Å². The smallest absolute Gasteiger partial charge is 0.270 e. The van der Waals surface area contributed by atoms with Crippen molar-refractivity contribution in [3.63, 3.8) is 0 Å². The summed E-state index contributed by atoms with van der Waals surface area (Å²) in [6.45, 7) is 0. The molecule has 0 N–H and O–H groups in total. The van der Waals surface area contributed by atoms with Crippen LogP contribution in [0.1, 0.15) is 5.56 Å². The minimum atomic E-state index is -0.496. The van der Waals surface area contributed by atoms with Crippen molar-refractivity contribution in [3.8, 4) is 11.5 Å². The van der Waals surface area contributed by atoms with Gasteiger partial charge in [-0.15, -0.1) is 0 Å². The number of thiocarbonyl (C=S) groups is 1. The van der Waals surface area contributed by atoms with Crippen molar-refractivity contribution in [2.75, 3.05) is 19.1 Å². The Hall–Kier alpha value is -2.91. The molecular formula is C18H14N2O5S2. The molecule has 138 valence electrons. The standard InChI is InChI=1S/C18H14N2O5S2/c1-24-14-8-3-11(15(10-14)25-2)9-16-17(21)19(18(26)27-16)12-4-6-13(7-5-12)20(22)23/h3-10H,1-2H3/b16-9+. The van der Waals surface area contributed by atoms with Gasteiger partial charge in [0, 0.05) is 23.8 Å². The van der Waals surface area contributed by atoms with Crippen LogP contribution in [0.25, 0.3) is 6.08 Å². The molecule has 0 aliphatic carbocycles. The molecule has 3 rings (SSSR count). The second-order valence-corrected chi connectivity index (χ2v) is 7.07. The molecule has 1 aliphatic rings. The van der Waals surface area contributed by atoms with E-state index in [0.717, 1.165) is 11.8 Å².